The number of benzene rings is 2. The topological polar surface area (TPSA) is 68.0 Å². The molecule has 0 bridgehead atoms. The number of nitrogens with one attached hydrogen (secondary N) is 1. The number of hydrogen-bond donors (Lipinski definition) is 2. The minimum atomic E-state index is -0.246. The molecule has 3 aromatic rings. The molecule has 3 rings (SSSR count). The molecule has 21 heavy (non-hydrogen) atoms. The number of nitrogen functional groups attached to an aromatic ring is 1. The number of aromatic nitrogens is 1. The number of nitrogens with two attached hydrogens (primary N) is 1. The summed E-state index contributed by atoms with van der Waals surface area (Å²) in [5.74, 6) is -0.246. The lowest BCUT2D eigenvalue weighted by molar-refractivity contribution is 0.102. The fourth-order valence-electron chi connectivity index (χ4n) is 2.06. The van der Waals surface area contributed by atoms with Crippen LogP contribution in [-0.2, 0) is 0 Å². The third-order valence-corrected chi connectivity index (χ3v) is 4.09. The van der Waals surface area contributed by atoms with Crippen molar-refractivity contribution in [2.75, 3.05) is 11.1 Å². The highest BCUT2D eigenvalue weighted by molar-refractivity contribution is 7.18. The third-order valence-electron chi connectivity index (χ3n) is 2.94. The van der Waals surface area contributed by atoms with Gasteiger partial charge in [-0.25, -0.2) is 4.98 Å². The van der Waals surface area contributed by atoms with E-state index in [1.54, 1.807) is 29.5 Å². The number of hydrogen-bond acceptors (Lipinski definition) is 4. The summed E-state index contributed by atoms with van der Waals surface area (Å²) in [6.45, 7) is 1.96. The van der Waals surface area contributed by atoms with Gasteiger partial charge in [-0.2, -0.15) is 0 Å². The second-order valence-corrected chi connectivity index (χ2v) is 6.31. The van der Waals surface area contributed by atoms with E-state index in [0.717, 1.165) is 20.9 Å². The van der Waals surface area contributed by atoms with Gasteiger partial charge in [-0.05, 0) is 43.3 Å². The Kier molecular flexibility index (Phi) is 3.53. The molecule has 2 aromatic carbocycles. The van der Waals surface area contributed by atoms with Gasteiger partial charge in [0.2, 0.25) is 0 Å². The first-order chi connectivity index (χ1) is 10.0. The van der Waals surface area contributed by atoms with Gasteiger partial charge < -0.3 is 11.1 Å². The first kappa shape index (κ1) is 13.9. The van der Waals surface area contributed by atoms with Gasteiger partial charge >= 0.3 is 0 Å². The highest BCUT2D eigenvalue weighted by Crippen LogP contribution is 2.25. The summed E-state index contributed by atoms with van der Waals surface area (Å²) in [6, 6.07) is 10.4. The van der Waals surface area contributed by atoms with E-state index >= 15 is 0 Å². The maximum absolute atomic E-state index is 12.2. The van der Waals surface area contributed by atoms with Crippen LogP contribution in [0.2, 0.25) is 5.02 Å². The van der Waals surface area contributed by atoms with Gasteiger partial charge in [-0.15, -0.1) is 11.3 Å². The molecule has 0 aliphatic heterocycles. The van der Waals surface area contributed by atoms with Gasteiger partial charge in [0.1, 0.15) is 0 Å². The van der Waals surface area contributed by atoms with Crippen LogP contribution in [0.15, 0.2) is 36.4 Å². The molecule has 0 atom stereocenters. The molecule has 0 aliphatic rings. The Balaban J connectivity index is 1.88. The van der Waals surface area contributed by atoms with Gasteiger partial charge in [0, 0.05) is 22.0 Å². The van der Waals surface area contributed by atoms with Crippen molar-refractivity contribution in [3.8, 4) is 0 Å². The Morgan fingerprint density at radius 1 is 1.29 bits per heavy atom. The number of rotatable bonds is 2. The minimum absolute atomic E-state index is 0.246. The van der Waals surface area contributed by atoms with Gasteiger partial charge in [-0.3, -0.25) is 4.79 Å². The van der Waals surface area contributed by atoms with E-state index in [1.165, 1.54) is 0 Å². The first-order valence-corrected chi connectivity index (χ1v) is 7.45. The lowest BCUT2D eigenvalue weighted by Crippen LogP contribution is -2.12. The van der Waals surface area contributed by atoms with Crippen LogP contribution in [0.5, 0.6) is 0 Å². The van der Waals surface area contributed by atoms with Crippen LogP contribution in [0.4, 0.5) is 11.4 Å². The van der Waals surface area contributed by atoms with Crippen molar-refractivity contribution in [2.45, 2.75) is 6.92 Å². The minimum Gasteiger partial charge on any atom is -0.399 e. The number of nitrogens with zero attached hydrogens (tertiary/aromatic N) is 1. The average Bonchev–Trinajstić information content (AvgIpc) is 2.77. The molecule has 0 aliphatic carbocycles. The largest absolute Gasteiger partial charge is 0.399 e. The Morgan fingerprint density at radius 2 is 2.10 bits per heavy atom. The number of aryl methyl sites for hydroxylation is 1. The van der Waals surface area contributed by atoms with Crippen molar-refractivity contribution >= 4 is 50.4 Å². The average molecular weight is 318 g/mol. The standard InChI is InChI=1S/C15H12ClN3OS/c1-8-18-13-3-2-12(7-14(13)21-8)19-15(20)9-4-10(16)6-11(17)5-9/h2-7H,17H2,1H3,(H,19,20). The third kappa shape index (κ3) is 2.99. The molecule has 0 spiro atoms. The van der Waals surface area contributed by atoms with Crippen LogP contribution in [0.3, 0.4) is 0 Å². The van der Waals surface area contributed by atoms with Crippen molar-refractivity contribution in [2.24, 2.45) is 0 Å². The zero-order chi connectivity index (χ0) is 15.0. The number of carbonyl (C=O) groups excluding carboxylic acids is 1. The molecule has 106 valence electrons. The van der Waals surface area contributed by atoms with Crippen LogP contribution in [0, 0.1) is 6.92 Å². The van der Waals surface area contributed by atoms with Crippen LogP contribution in [0.25, 0.3) is 10.2 Å². The molecule has 1 amide bonds. The van der Waals surface area contributed by atoms with Crippen LogP contribution >= 0.6 is 22.9 Å². The molecular weight excluding hydrogens is 306 g/mol. The van der Waals surface area contributed by atoms with E-state index in [1.807, 2.05) is 25.1 Å². The quantitative estimate of drug-likeness (QED) is 0.699. The first-order valence-electron chi connectivity index (χ1n) is 6.26. The van der Waals surface area contributed by atoms with Crippen LogP contribution in [-0.4, -0.2) is 10.9 Å². The van der Waals surface area contributed by atoms with Crippen molar-refractivity contribution in [1.29, 1.82) is 0 Å². The van der Waals surface area contributed by atoms with Crippen molar-refractivity contribution < 1.29 is 4.79 Å². The van der Waals surface area contributed by atoms with Crippen molar-refractivity contribution in [1.82, 2.24) is 4.98 Å². The lowest BCUT2D eigenvalue weighted by Gasteiger charge is -2.06. The van der Waals surface area contributed by atoms with Gasteiger partial charge in [0.15, 0.2) is 0 Å². The summed E-state index contributed by atoms with van der Waals surface area (Å²) in [5, 5.41) is 4.27. The molecule has 0 saturated carbocycles. The number of carbonyl (C=O) groups is 1. The van der Waals surface area contributed by atoms with E-state index < -0.39 is 0 Å². The Bertz CT molecular complexity index is 824. The zero-order valence-corrected chi connectivity index (χ0v) is 12.8. The number of fused-ring (bicyclic) bond motifs is 1. The molecule has 1 heterocycles. The zero-order valence-electron chi connectivity index (χ0n) is 11.2. The monoisotopic (exact) mass is 317 g/mol. The van der Waals surface area contributed by atoms with Crippen molar-refractivity contribution in [3.63, 3.8) is 0 Å². The Morgan fingerprint density at radius 3 is 2.86 bits per heavy atom. The number of amides is 1. The van der Waals surface area contributed by atoms with Crippen LogP contribution in [0.1, 0.15) is 15.4 Å². The van der Waals surface area contributed by atoms with Crippen LogP contribution < -0.4 is 11.1 Å². The Labute approximate surface area is 130 Å². The summed E-state index contributed by atoms with van der Waals surface area (Å²) in [5.41, 5.74) is 8.24. The van der Waals surface area contributed by atoms with Gasteiger partial charge in [0.25, 0.3) is 5.91 Å². The summed E-state index contributed by atoms with van der Waals surface area (Å²) in [4.78, 5) is 16.6. The Hall–Kier alpha value is -2.11. The highest BCUT2D eigenvalue weighted by Gasteiger charge is 2.09. The summed E-state index contributed by atoms with van der Waals surface area (Å²) in [7, 11) is 0. The van der Waals surface area contributed by atoms with E-state index in [2.05, 4.69) is 10.3 Å². The second kappa shape index (κ2) is 5.35. The molecular formula is C15H12ClN3OS. The van der Waals surface area contributed by atoms with Gasteiger partial charge in [-0.1, -0.05) is 11.6 Å². The highest BCUT2D eigenvalue weighted by atomic mass is 35.5. The van der Waals surface area contributed by atoms with E-state index in [-0.39, 0.29) is 5.91 Å². The fourth-order valence-corrected chi connectivity index (χ4v) is 3.17. The molecule has 3 N–H and O–H groups in total. The van der Waals surface area contributed by atoms with E-state index in [4.69, 9.17) is 17.3 Å². The number of anilines is 2. The predicted octanol–water partition coefficient (Wildman–Crippen LogP) is 4.09. The number of thiazole rings is 1. The van der Waals surface area contributed by atoms with E-state index in [0.29, 0.717) is 16.3 Å². The molecule has 1 aromatic heterocycles. The fraction of sp³-hybridized carbons (Fsp3) is 0.0667. The second-order valence-electron chi connectivity index (χ2n) is 4.64. The summed E-state index contributed by atoms with van der Waals surface area (Å²) >= 11 is 7.50. The smallest absolute Gasteiger partial charge is 0.255 e. The molecule has 0 saturated heterocycles. The van der Waals surface area contributed by atoms with E-state index in [9.17, 15) is 4.79 Å². The molecule has 4 nitrogen and oxygen atoms in total. The maximum Gasteiger partial charge on any atom is 0.255 e. The molecule has 0 radical (unpaired) electrons. The summed E-state index contributed by atoms with van der Waals surface area (Å²) < 4.78 is 1.04. The lowest BCUT2D eigenvalue weighted by atomic mass is 10.2. The molecule has 6 heteroatoms. The maximum atomic E-state index is 12.2. The van der Waals surface area contributed by atoms with Crippen molar-refractivity contribution in [3.05, 3.63) is 52.0 Å². The SMILES string of the molecule is Cc1nc2ccc(NC(=O)c3cc(N)cc(Cl)c3)cc2s1. The number of halogens is 1. The predicted molar refractivity (Wildman–Crippen MR) is 88.2 cm³/mol. The normalized spacial score (nSPS) is 10.8. The molecule has 0 fully saturated rings. The van der Waals surface area contributed by atoms with Gasteiger partial charge in [0.05, 0.1) is 15.2 Å². The molecule has 0 unspecified atom stereocenters. The summed E-state index contributed by atoms with van der Waals surface area (Å²) in [6.07, 6.45) is 0.